The number of carboxylic acid groups (broad SMARTS) is 2. The van der Waals surface area contributed by atoms with Crippen LogP contribution in [0.3, 0.4) is 0 Å². The number of allylic oxidation sites excluding steroid dienone is 1. The van der Waals surface area contributed by atoms with E-state index in [1.165, 1.54) is 152 Å². The van der Waals surface area contributed by atoms with E-state index in [0.29, 0.717) is 104 Å². The quantitative estimate of drug-likeness (QED) is 0.184. The van der Waals surface area contributed by atoms with E-state index in [4.69, 9.17) is 23.7 Å². The molecule has 15 fully saturated rings. The van der Waals surface area contributed by atoms with Gasteiger partial charge in [-0.2, -0.15) is 0 Å². The smallest absolute Gasteiger partial charge is 0.309 e. The molecule has 15 aliphatic carbocycles. The minimum absolute atomic E-state index is 0.206. The monoisotopic (exact) mass is 1440 g/mol. The second kappa shape index (κ2) is 27.0. The fraction of sp³-hybridized carbons (Fsp3) is 0.937. The van der Waals surface area contributed by atoms with Gasteiger partial charge in [0.05, 0.1) is 35.7 Å². The highest BCUT2D eigenvalue weighted by molar-refractivity contribution is 5.77. The van der Waals surface area contributed by atoms with Gasteiger partial charge in [-0.1, -0.05) is 136 Å². The molecule has 15 aliphatic rings. The van der Waals surface area contributed by atoms with Crippen molar-refractivity contribution in [3.63, 3.8) is 0 Å². The third kappa shape index (κ3) is 10.9. The van der Waals surface area contributed by atoms with Crippen LogP contribution in [0.2, 0.25) is 0 Å². The van der Waals surface area contributed by atoms with Crippen molar-refractivity contribution in [2.45, 2.75) is 336 Å². The van der Waals surface area contributed by atoms with Gasteiger partial charge in [0.25, 0.3) is 0 Å². The van der Waals surface area contributed by atoms with Gasteiger partial charge in [-0.25, -0.2) is 0 Å². The fourth-order valence-corrected chi connectivity index (χ4v) is 36.4. The molecule has 104 heavy (non-hydrogen) atoms. The molecular weight excluding hydrogens is 1290 g/mol. The minimum atomic E-state index is -0.522. The summed E-state index contributed by atoms with van der Waals surface area (Å²) in [7, 11) is 9.41. The molecular formula is C95H158O9. The fourth-order valence-electron chi connectivity index (χ4n) is 36.4. The molecule has 0 amide bonds. The molecule has 0 bridgehead atoms. The second-order valence-electron chi connectivity index (χ2n) is 45.3. The molecule has 0 aromatic rings. The van der Waals surface area contributed by atoms with Gasteiger partial charge in [0, 0.05) is 42.2 Å². The molecule has 31 atom stereocenters. The minimum Gasteiger partial charge on any atom is -0.481 e. The number of hydrogen-bond donors (Lipinski definition) is 2. The van der Waals surface area contributed by atoms with E-state index in [0.717, 1.165) is 100 Å². The maximum Gasteiger partial charge on any atom is 0.309 e. The molecule has 2 N–H and O–H groups in total. The topological polar surface area (TPSA) is 121 Å². The second-order valence-corrected chi connectivity index (χ2v) is 45.3. The van der Waals surface area contributed by atoms with Crippen LogP contribution in [-0.4, -0.2) is 89.2 Å². The number of carboxylic acids is 2. The Morgan fingerprint density at radius 2 is 0.740 bits per heavy atom. The Bertz CT molecular complexity index is 3220. The molecule has 9 nitrogen and oxygen atoms in total. The molecule has 9 heteroatoms. The molecule has 592 valence electrons. The lowest BCUT2D eigenvalue weighted by atomic mass is 9.32. The first-order chi connectivity index (χ1) is 48.5. The molecule has 15 rings (SSSR count). The molecule has 0 aromatic heterocycles. The first kappa shape index (κ1) is 80.3. The molecule has 15 saturated carbocycles. The van der Waals surface area contributed by atoms with Gasteiger partial charge in [-0.3, -0.25) is 9.59 Å². The highest BCUT2D eigenvalue weighted by atomic mass is 16.5. The van der Waals surface area contributed by atoms with Crippen LogP contribution in [0.5, 0.6) is 0 Å². The summed E-state index contributed by atoms with van der Waals surface area (Å²) >= 11 is 0. The van der Waals surface area contributed by atoms with Crippen LogP contribution in [0, 0.1) is 176 Å². The zero-order valence-corrected chi connectivity index (χ0v) is 71.3. The Morgan fingerprint density at radius 1 is 0.375 bits per heavy atom. The van der Waals surface area contributed by atoms with Crippen molar-refractivity contribution in [1.29, 1.82) is 0 Å². The molecule has 0 radical (unpaired) electrons. The molecule has 0 spiro atoms. The highest BCUT2D eigenvalue weighted by Gasteiger charge is 2.76. The van der Waals surface area contributed by atoms with Crippen LogP contribution in [-0.2, 0) is 33.3 Å². The maximum atomic E-state index is 13.0. The van der Waals surface area contributed by atoms with Crippen LogP contribution in [0.15, 0.2) is 24.3 Å². The van der Waals surface area contributed by atoms with Crippen LogP contribution in [0.1, 0.15) is 317 Å². The summed E-state index contributed by atoms with van der Waals surface area (Å²) in [5, 5.41) is 21.2. The van der Waals surface area contributed by atoms with Crippen molar-refractivity contribution in [3.05, 3.63) is 24.3 Å². The summed E-state index contributed by atoms with van der Waals surface area (Å²) in [6.45, 7) is 56.5. The van der Waals surface area contributed by atoms with Crippen molar-refractivity contribution in [3.8, 4) is 0 Å². The van der Waals surface area contributed by atoms with Crippen molar-refractivity contribution < 1.29 is 43.5 Å². The van der Waals surface area contributed by atoms with Crippen molar-refractivity contribution in [1.82, 2.24) is 0 Å². The lowest BCUT2D eigenvalue weighted by molar-refractivity contribution is -0.251. The molecule has 18 unspecified atom stereocenters. The van der Waals surface area contributed by atoms with Crippen LogP contribution < -0.4 is 0 Å². The average molecular weight is 1440 g/mol. The van der Waals surface area contributed by atoms with Gasteiger partial charge < -0.3 is 33.9 Å². The van der Waals surface area contributed by atoms with Gasteiger partial charge in [0.2, 0.25) is 0 Å². The van der Waals surface area contributed by atoms with Gasteiger partial charge in [-0.05, 0) is 370 Å². The maximum absolute atomic E-state index is 13.0. The van der Waals surface area contributed by atoms with E-state index >= 15 is 0 Å². The predicted molar refractivity (Wildman–Crippen MR) is 423 cm³/mol. The van der Waals surface area contributed by atoms with Crippen molar-refractivity contribution in [2.75, 3.05) is 48.8 Å². The third-order valence-electron chi connectivity index (χ3n) is 41.9. The summed E-state index contributed by atoms with van der Waals surface area (Å²) in [5.74, 6) is 8.61. The molecule has 0 aliphatic heterocycles. The largest absolute Gasteiger partial charge is 0.481 e. The van der Waals surface area contributed by atoms with Crippen molar-refractivity contribution in [2.24, 2.45) is 176 Å². The Labute approximate surface area is 636 Å². The first-order valence-electron chi connectivity index (χ1n) is 43.9. The highest BCUT2D eigenvalue weighted by Crippen LogP contribution is 2.82. The van der Waals surface area contributed by atoms with E-state index < -0.39 is 22.8 Å². The lowest BCUT2D eigenvalue weighted by Gasteiger charge is -2.73. The van der Waals surface area contributed by atoms with Gasteiger partial charge in [-0.15, -0.1) is 0 Å². The summed E-state index contributed by atoms with van der Waals surface area (Å²) in [5.41, 5.74) is 5.82. The van der Waals surface area contributed by atoms with Crippen LogP contribution in [0.25, 0.3) is 0 Å². The Morgan fingerprint density at radius 3 is 1.12 bits per heavy atom. The normalized spacial score (nSPS) is 53.3. The Balaban J connectivity index is 0.000000139. The Kier molecular flexibility index (Phi) is 20.8. The first-order valence-corrected chi connectivity index (χ1v) is 43.9. The molecule has 0 aromatic carbocycles. The van der Waals surface area contributed by atoms with E-state index in [1.54, 1.807) is 7.11 Å². The van der Waals surface area contributed by atoms with Crippen molar-refractivity contribution >= 4 is 11.9 Å². The third-order valence-corrected chi connectivity index (χ3v) is 41.9. The molecule has 0 saturated heterocycles. The number of carbonyl (C=O) groups is 2. The average Bonchev–Trinajstić information content (AvgIpc) is 1.05. The van der Waals surface area contributed by atoms with Gasteiger partial charge in [0.1, 0.15) is 0 Å². The summed E-state index contributed by atoms with van der Waals surface area (Å²) in [4.78, 5) is 25.7. The number of hydrogen-bond acceptors (Lipinski definition) is 7. The Hall–Kier alpha value is -1.78. The van der Waals surface area contributed by atoms with Crippen LogP contribution >= 0.6 is 0 Å². The summed E-state index contributed by atoms with van der Waals surface area (Å²) in [6.07, 6.45) is 37.7. The number of methoxy groups -OCH3 is 5. The predicted octanol–water partition coefficient (Wildman–Crippen LogP) is 23.5. The van der Waals surface area contributed by atoms with Gasteiger partial charge >= 0.3 is 11.9 Å². The summed E-state index contributed by atoms with van der Waals surface area (Å²) < 4.78 is 29.3. The number of ether oxygens (including phenoxy) is 5. The zero-order chi connectivity index (χ0) is 75.9. The lowest BCUT2D eigenvalue weighted by Crippen LogP contribution is -2.67. The number of aliphatic carboxylic acids is 2. The van der Waals surface area contributed by atoms with E-state index in [-0.39, 0.29) is 43.8 Å². The zero-order valence-electron chi connectivity index (χ0n) is 71.3. The number of fused-ring (bicyclic) bond motifs is 21. The van der Waals surface area contributed by atoms with E-state index in [2.05, 4.69) is 138 Å². The number of rotatable bonds is 12. The summed E-state index contributed by atoms with van der Waals surface area (Å²) in [6, 6.07) is 0. The molecule has 0 heterocycles. The van der Waals surface area contributed by atoms with E-state index in [1.807, 2.05) is 28.4 Å². The van der Waals surface area contributed by atoms with E-state index in [9.17, 15) is 19.8 Å². The van der Waals surface area contributed by atoms with Gasteiger partial charge in [0.15, 0.2) is 0 Å². The standard InChI is InChI=1S/C32H54O4.C32H54O2.C31H50O3/c1-20(19-35-7)21-11-16-32(27(33)34)18-17-30(5)22(26(21)32)9-10-24-29(4)14-13-25(36-8)28(2,3)23(29)12-15-31(24,30)6;1-21(20-33-8)22-12-15-29(4)18-19-31(6)23(27(22)29)10-11-25-30(5)16-14-26(34-9)28(2,3)24(30)13-17-32(25,31)7;1-19(2)20-11-16-31(26(32)33)18-17-29(6)21(25(20)31)9-10-23-28(5)14-13-24(34-8)27(3,4)22(28)12-15-30(23,29)7/h20-26H,9-19H2,1-8H3,(H,33,34);22-27H,1,10-20H2,2-9H3;20-25H,1,9-18H2,2-8H3,(H,32,33)/t20?,21-,22?,23?,24?,25?,26?,29-,30+,31+,32?;22-,23?,24?,25?,26?,27?,29+,30-,31+,32+;20-,21?,22?,23?,24?,25?,28-,29+,30+,31?/m000/s1. The SMILES string of the molecule is C=C(C)[C@@H]1CCC2(C(=O)O)CC[C@]3(C)C(CCC4[C@@]5(C)CCC(OC)C(C)(C)C5CC[C@]43C)C12.C=C(COC)[C@@H]1CC[C@]2(C)CC[C@]3(C)C(CCC4[C@@]5(C)CCC(OC)C(C)(C)C5CC[C@]43C)C12.COCC(C)[C@@H]1CCC2(C(=O)O)CC[C@]3(C)C(CCC4[C@@]5(C)CCC(OC)C(C)(C)C5CC[C@]43C)C12. The van der Waals surface area contributed by atoms with Crippen LogP contribution in [0.4, 0.5) is 0 Å².